The SMILES string of the molecule is O=S(=O)(c1ccccc1)C(Cl)c1ccc(C(Cl)(Cl)Cl)cc1. The molecule has 2 aromatic rings. The summed E-state index contributed by atoms with van der Waals surface area (Å²) in [5, 5.41) is 0. The molecule has 0 saturated heterocycles. The molecule has 0 N–H and O–H groups in total. The fraction of sp³-hybridized carbons (Fsp3) is 0.143. The average Bonchev–Trinajstić information content (AvgIpc) is 2.46. The van der Waals surface area contributed by atoms with E-state index >= 15 is 0 Å². The first-order valence-electron chi connectivity index (χ1n) is 5.83. The summed E-state index contributed by atoms with van der Waals surface area (Å²) in [6.07, 6.45) is 0. The van der Waals surface area contributed by atoms with Crippen LogP contribution in [0.25, 0.3) is 0 Å². The molecule has 0 spiro atoms. The average molecular weight is 384 g/mol. The predicted molar refractivity (Wildman–Crippen MR) is 87.9 cm³/mol. The van der Waals surface area contributed by atoms with Crippen LogP contribution in [0.5, 0.6) is 0 Å². The van der Waals surface area contributed by atoms with Crippen LogP contribution in [0.4, 0.5) is 0 Å². The zero-order valence-corrected chi connectivity index (χ0v) is 14.4. The molecule has 0 aliphatic heterocycles. The monoisotopic (exact) mass is 382 g/mol. The Labute approximate surface area is 143 Å². The van der Waals surface area contributed by atoms with Crippen molar-refractivity contribution < 1.29 is 8.42 Å². The molecule has 0 aliphatic carbocycles. The molecule has 7 heteroatoms. The van der Waals surface area contributed by atoms with Crippen molar-refractivity contribution in [1.29, 1.82) is 0 Å². The molecule has 0 bridgehead atoms. The lowest BCUT2D eigenvalue weighted by molar-refractivity contribution is 0.593. The minimum atomic E-state index is -3.67. The molecule has 0 heterocycles. The van der Waals surface area contributed by atoms with Gasteiger partial charge in [-0.15, -0.1) is 0 Å². The molecule has 2 nitrogen and oxygen atoms in total. The summed E-state index contributed by atoms with van der Waals surface area (Å²) in [7, 11) is -3.67. The van der Waals surface area contributed by atoms with Gasteiger partial charge in [-0.3, -0.25) is 0 Å². The fourth-order valence-electron chi connectivity index (χ4n) is 1.73. The van der Waals surface area contributed by atoms with E-state index in [0.29, 0.717) is 11.1 Å². The molecule has 21 heavy (non-hydrogen) atoms. The van der Waals surface area contributed by atoms with Gasteiger partial charge in [-0.2, -0.15) is 0 Å². The van der Waals surface area contributed by atoms with Crippen LogP contribution in [0.2, 0.25) is 0 Å². The molecule has 0 saturated carbocycles. The molecule has 0 aliphatic rings. The van der Waals surface area contributed by atoms with Crippen LogP contribution < -0.4 is 0 Å². The highest BCUT2D eigenvalue weighted by atomic mass is 35.6. The van der Waals surface area contributed by atoms with Gasteiger partial charge in [0.15, 0.2) is 14.5 Å². The molecule has 0 fully saturated rings. The molecule has 1 unspecified atom stereocenters. The van der Waals surface area contributed by atoms with Gasteiger partial charge in [-0.25, -0.2) is 8.42 Å². The third-order valence-electron chi connectivity index (χ3n) is 2.84. The van der Waals surface area contributed by atoms with E-state index in [2.05, 4.69) is 0 Å². The Morgan fingerprint density at radius 2 is 1.38 bits per heavy atom. The maximum atomic E-state index is 12.4. The van der Waals surface area contributed by atoms with Gasteiger partial charge in [-0.05, 0) is 17.7 Å². The molecule has 112 valence electrons. The van der Waals surface area contributed by atoms with E-state index in [-0.39, 0.29) is 4.90 Å². The number of hydrogen-bond donors (Lipinski definition) is 0. The van der Waals surface area contributed by atoms with Gasteiger partial charge in [0.1, 0.15) is 0 Å². The summed E-state index contributed by atoms with van der Waals surface area (Å²) < 4.78 is 22.0. The van der Waals surface area contributed by atoms with E-state index in [1.54, 1.807) is 18.2 Å². The summed E-state index contributed by atoms with van der Waals surface area (Å²) >= 11 is 23.4. The first-order chi connectivity index (χ1) is 9.73. The fourth-order valence-corrected chi connectivity index (χ4v) is 3.86. The molecular weight excluding hydrogens is 374 g/mol. The zero-order valence-electron chi connectivity index (χ0n) is 10.5. The Balaban J connectivity index is 2.34. The summed E-state index contributed by atoms with van der Waals surface area (Å²) in [5.74, 6) is 0. The number of halogens is 4. The smallest absolute Gasteiger partial charge is 0.216 e. The quantitative estimate of drug-likeness (QED) is 0.680. The molecule has 0 radical (unpaired) electrons. The highest BCUT2D eigenvalue weighted by Crippen LogP contribution is 2.39. The van der Waals surface area contributed by atoms with Crippen LogP contribution in [-0.4, -0.2) is 8.42 Å². The van der Waals surface area contributed by atoms with Gasteiger partial charge in [0, 0.05) is 5.56 Å². The third-order valence-corrected chi connectivity index (χ3v) is 6.20. The lowest BCUT2D eigenvalue weighted by Crippen LogP contribution is -2.09. The molecule has 2 rings (SSSR count). The van der Waals surface area contributed by atoms with Gasteiger partial charge < -0.3 is 0 Å². The lowest BCUT2D eigenvalue weighted by atomic mass is 10.2. The lowest BCUT2D eigenvalue weighted by Gasteiger charge is -2.14. The van der Waals surface area contributed by atoms with E-state index < -0.39 is 18.3 Å². The van der Waals surface area contributed by atoms with Crippen LogP contribution in [0, 0.1) is 0 Å². The number of rotatable bonds is 3. The van der Waals surface area contributed by atoms with Crippen molar-refractivity contribution in [3.05, 3.63) is 65.7 Å². The van der Waals surface area contributed by atoms with Crippen molar-refractivity contribution in [3.63, 3.8) is 0 Å². The van der Waals surface area contributed by atoms with Crippen molar-refractivity contribution in [3.8, 4) is 0 Å². The highest BCUT2D eigenvalue weighted by molar-refractivity contribution is 7.92. The first kappa shape index (κ1) is 16.9. The van der Waals surface area contributed by atoms with Gasteiger partial charge in [0.2, 0.25) is 3.79 Å². The topological polar surface area (TPSA) is 34.1 Å². The van der Waals surface area contributed by atoms with Gasteiger partial charge in [0.25, 0.3) is 0 Å². The van der Waals surface area contributed by atoms with E-state index in [1.807, 2.05) is 0 Å². The van der Waals surface area contributed by atoms with Gasteiger partial charge in [0.05, 0.1) is 4.90 Å². The zero-order chi connectivity index (χ0) is 15.7. The second-order valence-electron chi connectivity index (χ2n) is 4.29. The van der Waals surface area contributed by atoms with Crippen LogP contribution in [-0.2, 0) is 13.6 Å². The molecule has 1 atom stereocenters. The van der Waals surface area contributed by atoms with Crippen molar-refractivity contribution in [2.24, 2.45) is 0 Å². The second-order valence-corrected chi connectivity index (χ2v) is 9.30. The number of sulfone groups is 1. The Morgan fingerprint density at radius 1 is 0.857 bits per heavy atom. The largest absolute Gasteiger partial charge is 0.222 e. The standard InChI is InChI=1S/C14H10Cl4O2S/c15-13(21(19,20)12-4-2-1-3-5-12)10-6-8-11(9-7-10)14(16,17)18/h1-9,13H. The van der Waals surface area contributed by atoms with E-state index in [1.165, 1.54) is 36.4 Å². The Morgan fingerprint density at radius 3 is 1.86 bits per heavy atom. The summed E-state index contributed by atoms with van der Waals surface area (Å²) in [6.45, 7) is 0. The van der Waals surface area contributed by atoms with Crippen molar-refractivity contribution in [2.75, 3.05) is 0 Å². The van der Waals surface area contributed by atoms with Gasteiger partial charge >= 0.3 is 0 Å². The Bertz CT molecular complexity index is 707. The summed E-state index contributed by atoms with van der Waals surface area (Å²) in [4.78, 5) is 0.162. The summed E-state index contributed by atoms with van der Waals surface area (Å²) in [5.41, 5.74) is 0.857. The molecule has 0 aromatic heterocycles. The molecule has 2 aromatic carbocycles. The van der Waals surface area contributed by atoms with Crippen molar-refractivity contribution in [2.45, 2.75) is 13.4 Å². The minimum Gasteiger partial charge on any atom is -0.222 e. The summed E-state index contributed by atoms with van der Waals surface area (Å²) in [6, 6.07) is 14.2. The first-order valence-corrected chi connectivity index (χ1v) is 8.95. The molecular formula is C14H10Cl4O2S. The van der Waals surface area contributed by atoms with E-state index in [9.17, 15) is 8.42 Å². The highest BCUT2D eigenvalue weighted by Gasteiger charge is 2.28. The van der Waals surface area contributed by atoms with E-state index in [0.717, 1.165) is 0 Å². The van der Waals surface area contributed by atoms with Crippen LogP contribution >= 0.6 is 46.4 Å². The maximum absolute atomic E-state index is 12.4. The Kier molecular flexibility index (Phi) is 5.11. The van der Waals surface area contributed by atoms with Crippen LogP contribution in [0.1, 0.15) is 15.8 Å². The third kappa shape index (κ3) is 3.85. The minimum absolute atomic E-state index is 0.162. The van der Waals surface area contributed by atoms with Crippen molar-refractivity contribution >= 4 is 56.2 Å². The number of hydrogen-bond acceptors (Lipinski definition) is 2. The second kappa shape index (κ2) is 6.35. The normalized spacial score (nSPS) is 13.9. The predicted octanol–water partition coefficient (Wildman–Crippen LogP) is 5.22. The molecule has 0 amide bonds. The number of alkyl halides is 4. The maximum Gasteiger partial charge on any atom is 0.216 e. The van der Waals surface area contributed by atoms with Crippen LogP contribution in [0.3, 0.4) is 0 Å². The number of benzene rings is 2. The van der Waals surface area contributed by atoms with Crippen LogP contribution in [0.15, 0.2) is 59.5 Å². The van der Waals surface area contributed by atoms with Gasteiger partial charge in [-0.1, -0.05) is 88.9 Å². The van der Waals surface area contributed by atoms with Crippen molar-refractivity contribution in [1.82, 2.24) is 0 Å². The van der Waals surface area contributed by atoms with E-state index in [4.69, 9.17) is 46.4 Å². The Hall–Kier alpha value is -0.450.